The van der Waals surface area contributed by atoms with Gasteiger partial charge in [0.25, 0.3) is 0 Å². The first-order valence-corrected chi connectivity index (χ1v) is 12.3. The highest BCUT2D eigenvalue weighted by atomic mass is 32.1. The van der Waals surface area contributed by atoms with Gasteiger partial charge in [-0.15, -0.1) is 5.10 Å². The lowest BCUT2D eigenvalue weighted by Crippen LogP contribution is -2.25. The number of nitrogens with one attached hydrogen (secondary N) is 1. The van der Waals surface area contributed by atoms with Gasteiger partial charge in [-0.2, -0.15) is 21.0 Å². The van der Waals surface area contributed by atoms with Crippen LogP contribution in [0.25, 0.3) is 16.8 Å². The minimum absolute atomic E-state index is 0.253. The molecule has 34 heavy (non-hydrogen) atoms. The molecule has 174 valence electrons. The highest BCUT2D eigenvalue weighted by molar-refractivity contribution is 7.08. The molecule has 1 aliphatic heterocycles. The Hall–Kier alpha value is -3.65. The third-order valence-electron chi connectivity index (χ3n) is 5.96. The van der Waals surface area contributed by atoms with E-state index in [0.29, 0.717) is 23.9 Å². The van der Waals surface area contributed by atoms with Crippen LogP contribution >= 0.6 is 11.3 Å². The average Bonchev–Trinajstić information content (AvgIpc) is 3.63. The van der Waals surface area contributed by atoms with Crippen molar-refractivity contribution in [1.29, 1.82) is 0 Å². The summed E-state index contributed by atoms with van der Waals surface area (Å²) in [5.74, 6) is 3.23. The maximum absolute atomic E-state index is 11.6. The zero-order valence-corrected chi connectivity index (χ0v) is 19.5. The van der Waals surface area contributed by atoms with Crippen molar-refractivity contribution in [3.8, 4) is 16.8 Å². The van der Waals surface area contributed by atoms with E-state index in [1.165, 1.54) is 18.4 Å². The maximum Gasteiger partial charge on any atom is 0.245 e. The molecule has 2 aromatic heterocycles. The molecule has 0 bridgehead atoms. The Bertz CT molecular complexity index is 1230. The molecule has 1 aliphatic carbocycles. The monoisotopic (exact) mass is 474 g/mol. The number of anilines is 2. The number of ether oxygens (including phenoxy) is 1. The van der Waals surface area contributed by atoms with Gasteiger partial charge in [0, 0.05) is 6.54 Å². The van der Waals surface area contributed by atoms with Gasteiger partial charge >= 0.3 is 0 Å². The van der Waals surface area contributed by atoms with Gasteiger partial charge in [0.2, 0.25) is 11.9 Å². The SMILES string of the molecule is Nc1nc(NC2C=CC(OCCN3CCCC3)=CC2=C=O)nn1-c1ccc(-c2ccsc2)cc1. The standard InChI is InChI=1S/C25H26N6O2S/c26-24-28-25(29-31(24)21-5-3-18(4-6-21)19-9-14-34-17-19)27-23-8-7-22(15-20(23)16-32)33-13-12-30-10-1-2-11-30/h3-9,14-15,17,23H,1-2,10-13H2,(H3,26,27,28,29). The molecule has 1 fully saturated rings. The zero-order valence-electron chi connectivity index (χ0n) is 18.7. The normalized spacial score (nSPS) is 18.1. The van der Waals surface area contributed by atoms with E-state index in [1.807, 2.05) is 42.4 Å². The number of aromatic nitrogens is 3. The fraction of sp³-hybridized carbons (Fsp3) is 0.280. The topological polar surface area (TPSA) is 98.3 Å². The Morgan fingerprint density at radius 1 is 1.18 bits per heavy atom. The van der Waals surface area contributed by atoms with E-state index in [1.54, 1.807) is 22.1 Å². The first-order chi connectivity index (χ1) is 16.7. The van der Waals surface area contributed by atoms with E-state index in [9.17, 15) is 4.79 Å². The van der Waals surface area contributed by atoms with Crippen LogP contribution in [0.1, 0.15) is 12.8 Å². The van der Waals surface area contributed by atoms with Crippen LogP contribution in [0, 0.1) is 0 Å². The first kappa shape index (κ1) is 22.2. The van der Waals surface area contributed by atoms with E-state index in [2.05, 4.69) is 37.1 Å². The van der Waals surface area contributed by atoms with Gasteiger partial charge in [-0.05, 0) is 78.2 Å². The summed E-state index contributed by atoms with van der Waals surface area (Å²) in [7, 11) is 0. The van der Waals surface area contributed by atoms with Crippen molar-refractivity contribution in [2.45, 2.75) is 18.9 Å². The summed E-state index contributed by atoms with van der Waals surface area (Å²) in [6.45, 7) is 3.74. The van der Waals surface area contributed by atoms with Crippen molar-refractivity contribution >= 4 is 29.2 Å². The van der Waals surface area contributed by atoms with Gasteiger partial charge in [-0.1, -0.05) is 18.2 Å². The van der Waals surface area contributed by atoms with E-state index in [4.69, 9.17) is 10.5 Å². The minimum atomic E-state index is -0.417. The molecule has 3 aromatic rings. The molecule has 1 aromatic carbocycles. The molecule has 2 aliphatic rings. The zero-order chi connectivity index (χ0) is 23.3. The lowest BCUT2D eigenvalue weighted by molar-refractivity contribution is 0.179. The Morgan fingerprint density at radius 3 is 2.74 bits per heavy atom. The Labute approximate surface area is 202 Å². The van der Waals surface area contributed by atoms with Gasteiger partial charge in [-0.25, -0.2) is 4.79 Å². The summed E-state index contributed by atoms with van der Waals surface area (Å²) in [6, 6.07) is 9.62. The van der Waals surface area contributed by atoms with Gasteiger partial charge in [-0.3, -0.25) is 4.90 Å². The van der Waals surface area contributed by atoms with Gasteiger partial charge < -0.3 is 15.8 Å². The van der Waals surface area contributed by atoms with Gasteiger partial charge in [0.1, 0.15) is 18.3 Å². The number of benzene rings is 1. The number of thiophene rings is 1. The second-order valence-corrected chi connectivity index (χ2v) is 9.03. The summed E-state index contributed by atoms with van der Waals surface area (Å²) in [4.78, 5) is 18.3. The van der Waals surface area contributed by atoms with Crippen LogP contribution in [0.15, 0.2) is 70.7 Å². The van der Waals surface area contributed by atoms with Crippen molar-refractivity contribution in [2.75, 3.05) is 37.3 Å². The molecule has 3 N–H and O–H groups in total. The molecule has 0 spiro atoms. The Balaban J connectivity index is 1.22. The molecule has 5 rings (SSSR count). The summed E-state index contributed by atoms with van der Waals surface area (Å²) in [5.41, 5.74) is 9.65. The summed E-state index contributed by atoms with van der Waals surface area (Å²) >= 11 is 1.66. The smallest absolute Gasteiger partial charge is 0.245 e. The number of allylic oxidation sites excluding steroid dienone is 1. The molecule has 0 amide bonds. The third kappa shape index (κ3) is 4.97. The quantitative estimate of drug-likeness (QED) is 0.481. The van der Waals surface area contributed by atoms with Crippen molar-refractivity contribution in [3.63, 3.8) is 0 Å². The first-order valence-electron chi connectivity index (χ1n) is 11.3. The van der Waals surface area contributed by atoms with Crippen LogP contribution in [0.3, 0.4) is 0 Å². The number of nitrogens with zero attached hydrogens (tertiary/aromatic N) is 4. The van der Waals surface area contributed by atoms with Crippen LogP contribution < -0.4 is 11.1 Å². The predicted molar refractivity (Wildman–Crippen MR) is 135 cm³/mol. The maximum atomic E-state index is 11.6. The number of hydrogen-bond donors (Lipinski definition) is 2. The molecule has 1 saturated heterocycles. The summed E-state index contributed by atoms with van der Waals surface area (Å²) in [5, 5.41) is 11.8. The second kappa shape index (κ2) is 10.1. The van der Waals surface area contributed by atoms with Crippen molar-refractivity contribution in [3.05, 3.63) is 70.7 Å². The molecule has 1 atom stereocenters. The number of rotatable bonds is 8. The molecule has 3 heterocycles. The Morgan fingerprint density at radius 2 is 2.00 bits per heavy atom. The molecule has 1 unspecified atom stereocenters. The average molecular weight is 475 g/mol. The molecule has 8 nitrogen and oxygen atoms in total. The lowest BCUT2D eigenvalue weighted by Gasteiger charge is -2.19. The summed E-state index contributed by atoms with van der Waals surface area (Å²) < 4.78 is 7.41. The predicted octanol–water partition coefficient (Wildman–Crippen LogP) is 3.68. The fourth-order valence-electron chi connectivity index (χ4n) is 4.13. The van der Waals surface area contributed by atoms with E-state index < -0.39 is 6.04 Å². The van der Waals surface area contributed by atoms with Crippen molar-refractivity contribution in [2.24, 2.45) is 0 Å². The van der Waals surface area contributed by atoms with Crippen LogP contribution in [0.5, 0.6) is 0 Å². The van der Waals surface area contributed by atoms with Crippen molar-refractivity contribution in [1.82, 2.24) is 19.7 Å². The van der Waals surface area contributed by atoms with Crippen LogP contribution in [-0.2, 0) is 9.53 Å². The number of carbonyl (C=O) groups excluding carboxylic acids is 1. The van der Waals surface area contributed by atoms with Crippen LogP contribution in [0.2, 0.25) is 0 Å². The highest BCUT2D eigenvalue weighted by Gasteiger charge is 2.20. The molecule has 9 heteroatoms. The van der Waals surface area contributed by atoms with Gasteiger partial charge in [0.15, 0.2) is 0 Å². The third-order valence-corrected chi connectivity index (χ3v) is 6.64. The number of nitrogen functional groups attached to an aromatic ring is 1. The second-order valence-electron chi connectivity index (χ2n) is 8.25. The molecule has 0 saturated carbocycles. The van der Waals surface area contributed by atoms with E-state index in [-0.39, 0.29) is 5.95 Å². The highest BCUT2D eigenvalue weighted by Crippen LogP contribution is 2.25. The minimum Gasteiger partial charge on any atom is -0.492 e. The van der Waals surface area contributed by atoms with Gasteiger partial charge in [0.05, 0.1) is 17.3 Å². The van der Waals surface area contributed by atoms with Crippen LogP contribution in [0.4, 0.5) is 11.9 Å². The van der Waals surface area contributed by atoms with Crippen molar-refractivity contribution < 1.29 is 9.53 Å². The Kier molecular flexibility index (Phi) is 6.58. The summed E-state index contributed by atoms with van der Waals surface area (Å²) in [6.07, 6.45) is 7.91. The number of nitrogens with two attached hydrogens (primary N) is 1. The molecular formula is C25H26N6O2S. The molecular weight excluding hydrogens is 448 g/mol. The lowest BCUT2D eigenvalue weighted by atomic mass is 10.0. The van der Waals surface area contributed by atoms with E-state index >= 15 is 0 Å². The number of hydrogen-bond acceptors (Lipinski definition) is 8. The molecule has 0 radical (unpaired) electrons. The largest absolute Gasteiger partial charge is 0.492 e. The fourth-order valence-corrected chi connectivity index (χ4v) is 4.80. The number of likely N-dealkylation sites (tertiary alicyclic amines) is 1. The van der Waals surface area contributed by atoms with Crippen LogP contribution in [-0.4, -0.2) is 57.9 Å². The van der Waals surface area contributed by atoms with E-state index in [0.717, 1.165) is 30.9 Å².